The highest BCUT2D eigenvalue weighted by Gasteiger charge is 2.66. The molecule has 4 nitrogen and oxygen atoms in total. The summed E-state index contributed by atoms with van der Waals surface area (Å²) in [6.45, 7) is 4.27. The fourth-order valence-electron chi connectivity index (χ4n) is 4.39. The molecule has 0 bridgehead atoms. The summed E-state index contributed by atoms with van der Waals surface area (Å²) in [6, 6.07) is 27.3. The van der Waals surface area contributed by atoms with Crippen LogP contribution in [-0.4, -0.2) is 16.6 Å². The Hall–Kier alpha value is -3.05. The summed E-state index contributed by atoms with van der Waals surface area (Å²) in [4.78, 5) is 30.1. The molecule has 3 aromatic carbocycles. The zero-order chi connectivity index (χ0) is 20.9. The van der Waals surface area contributed by atoms with Gasteiger partial charge in [-0.2, -0.15) is 0 Å². The predicted molar refractivity (Wildman–Crippen MR) is 121 cm³/mol. The summed E-state index contributed by atoms with van der Waals surface area (Å²) in [5, 5.41) is 0. The van der Waals surface area contributed by atoms with Crippen LogP contribution in [0, 0.1) is 0 Å². The molecule has 5 rings (SSSR count). The highest BCUT2D eigenvalue weighted by molar-refractivity contribution is 8.03. The lowest BCUT2D eigenvalue weighted by Gasteiger charge is -2.33. The quantitative estimate of drug-likeness (QED) is 0.609. The number of benzene rings is 3. The molecule has 1 unspecified atom stereocenters. The van der Waals surface area contributed by atoms with Crippen molar-refractivity contribution < 1.29 is 9.59 Å². The fourth-order valence-corrected chi connectivity index (χ4v) is 6.06. The van der Waals surface area contributed by atoms with Crippen molar-refractivity contribution in [2.75, 3.05) is 9.80 Å². The van der Waals surface area contributed by atoms with Crippen LogP contribution in [0.25, 0.3) is 0 Å². The Kier molecular flexibility index (Phi) is 4.26. The monoisotopic (exact) mass is 414 g/mol. The number of carbonyl (C=O) groups excluding carboxylic acids is 2. The van der Waals surface area contributed by atoms with Gasteiger partial charge in [-0.1, -0.05) is 66.7 Å². The molecule has 2 aliphatic heterocycles. The van der Waals surface area contributed by atoms with E-state index in [1.54, 1.807) is 4.90 Å². The number of hydrogen-bond acceptors (Lipinski definition) is 3. The van der Waals surface area contributed by atoms with E-state index in [1.807, 2.05) is 104 Å². The van der Waals surface area contributed by atoms with Crippen LogP contribution >= 0.6 is 11.8 Å². The molecule has 1 saturated heterocycles. The zero-order valence-electron chi connectivity index (χ0n) is 16.9. The van der Waals surface area contributed by atoms with Gasteiger partial charge in [-0.25, -0.2) is 0 Å². The van der Waals surface area contributed by atoms with Gasteiger partial charge in [-0.3, -0.25) is 14.5 Å². The minimum absolute atomic E-state index is 0.0524. The Morgan fingerprint density at radius 3 is 2.07 bits per heavy atom. The molecule has 150 valence electrons. The van der Waals surface area contributed by atoms with Crippen molar-refractivity contribution in [2.24, 2.45) is 0 Å². The molecule has 0 N–H and O–H groups in total. The largest absolute Gasteiger partial charge is 0.304 e. The van der Waals surface area contributed by atoms with Crippen molar-refractivity contribution in [3.8, 4) is 0 Å². The van der Waals surface area contributed by atoms with Crippen molar-refractivity contribution in [3.63, 3.8) is 0 Å². The molecule has 2 aliphatic rings. The van der Waals surface area contributed by atoms with Gasteiger partial charge < -0.3 is 4.90 Å². The number of thioether (sulfide) groups is 1. The molecule has 0 aliphatic carbocycles. The lowest BCUT2D eigenvalue weighted by molar-refractivity contribution is -0.125. The van der Waals surface area contributed by atoms with Crippen LogP contribution in [0.15, 0.2) is 84.9 Å². The first-order chi connectivity index (χ1) is 14.4. The third-order valence-electron chi connectivity index (χ3n) is 5.73. The Morgan fingerprint density at radius 2 is 1.37 bits per heavy atom. The number of rotatable bonds is 3. The van der Waals surface area contributed by atoms with Crippen molar-refractivity contribution in [3.05, 3.63) is 96.1 Å². The molecule has 2 heterocycles. The van der Waals surface area contributed by atoms with Crippen LogP contribution in [-0.2, 0) is 21.0 Å². The average molecular weight is 415 g/mol. The molecule has 3 aromatic rings. The lowest BCUT2D eigenvalue weighted by atomic mass is 10.0. The number of nitrogens with zero attached hydrogens (tertiary/aromatic N) is 2. The first-order valence-electron chi connectivity index (χ1n) is 10.0. The maximum atomic E-state index is 14.1. The number of hydrogen-bond donors (Lipinski definition) is 0. The van der Waals surface area contributed by atoms with Crippen LogP contribution in [0.1, 0.15) is 25.0 Å². The summed E-state index contributed by atoms with van der Waals surface area (Å²) >= 11 is 1.44. The van der Waals surface area contributed by atoms with Crippen LogP contribution in [0.3, 0.4) is 0 Å². The van der Waals surface area contributed by atoms with Gasteiger partial charge in [-0.15, -0.1) is 11.8 Å². The Bertz CT molecular complexity index is 1130. The van der Waals surface area contributed by atoms with Crippen LogP contribution in [0.4, 0.5) is 11.4 Å². The molecule has 5 heteroatoms. The molecule has 1 spiro atoms. The first-order valence-corrected chi connectivity index (χ1v) is 10.8. The van der Waals surface area contributed by atoms with Gasteiger partial charge in [0.15, 0.2) is 0 Å². The summed E-state index contributed by atoms with van der Waals surface area (Å²) in [5.74, 6) is -0.122. The molecule has 0 aromatic heterocycles. The van der Waals surface area contributed by atoms with Gasteiger partial charge in [0, 0.05) is 11.3 Å². The molecule has 0 radical (unpaired) electrons. The van der Waals surface area contributed by atoms with Gasteiger partial charge >= 0.3 is 0 Å². The third-order valence-corrected chi connectivity index (χ3v) is 7.29. The van der Waals surface area contributed by atoms with Crippen molar-refractivity contribution in [1.29, 1.82) is 0 Å². The second-order valence-corrected chi connectivity index (χ2v) is 9.94. The summed E-state index contributed by atoms with van der Waals surface area (Å²) in [5.41, 5.74) is 3.53. The average Bonchev–Trinajstić information content (AvgIpc) is 3.12. The maximum absolute atomic E-state index is 14.1. The van der Waals surface area contributed by atoms with Crippen molar-refractivity contribution in [2.45, 2.75) is 30.0 Å². The number of fused-ring (bicyclic) bond motifs is 2. The van der Waals surface area contributed by atoms with Crippen LogP contribution in [0.2, 0.25) is 0 Å². The van der Waals surface area contributed by atoms with E-state index >= 15 is 0 Å². The standard InChI is InChI=1S/C25H22N2O2S/c1-24(2)22(28)27(19-13-7-4-8-14-19)25(30-24)20-15-9-10-16-21(20)26(23(25)29)17-18-11-5-3-6-12-18/h3-16H,17H2,1-2H3. The summed E-state index contributed by atoms with van der Waals surface area (Å²) in [7, 11) is 0. The molecular formula is C25H22N2O2S. The Balaban J connectivity index is 1.70. The second kappa shape index (κ2) is 6.74. The van der Waals surface area contributed by atoms with Gasteiger partial charge in [0.25, 0.3) is 5.91 Å². The molecule has 1 fully saturated rings. The van der Waals surface area contributed by atoms with Gasteiger partial charge in [0.1, 0.15) is 0 Å². The maximum Gasteiger partial charge on any atom is 0.269 e. The smallest absolute Gasteiger partial charge is 0.269 e. The van der Waals surface area contributed by atoms with E-state index in [-0.39, 0.29) is 11.8 Å². The molecular weight excluding hydrogens is 392 g/mol. The van der Waals surface area contributed by atoms with Crippen LogP contribution < -0.4 is 9.80 Å². The second-order valence-electron chi connectivity index (χ2n) is 8.13. The summed E-state index contributed by atoms with van der Waals surface area (Å²) in [6.07, 6.45) is 0. The fraction of sp³-hybridized carbons (Fsp3) is 0.200. The first kappa shape index (κ1) is 18.9. The van der Waals surface area contributed by atoms with E-state index in [0.717, 1.165) is 22.5 Å². The predicted octanol–water partition coefficient (Wildman–Crippen LogP) is 4.94. The molecule has 2 amide bonds. The minimum atomic E-state index is -1.10. The molecule has 1 atom stereocenters. The highest BCUT2D eigenvalue weighted by atomic mass is 32.2. The van der Waals surface area contributed by atoms with E-state index in [0.29, 0.717) is 6.54 Å². The van der Waals surface area contributed by atoms with E-state index in [4.69, 9.17) is 0 Å². The minimum Gasteiger partial charge on any atom is -0.304 e. The normalized spacial score (nSPS) is 22.1. The van der Waals surface area contributed by atoms with Crippen molar-refractivity contribution in [1.82, 2.24) is 0 Å². The third kappa shape index (κ3) is 2.62. The zero-order valence-corrected chi connectivity index (χ0v) is 17.7. The molecule has 30 heavy (non-hydrogen) atoms. The summed E-state index contributed by atoms with van der Waals surface area (Å²) < 4.78 is -0.721. The van der Waals surface area contributed by atoms with Gasteiger partial charge in [0.05, 0.1) is 17.0 Å². The van der Waals surface area contributed by atoms with E-state index < -0.39 is 9.62 Å². The van der Waals surface area contributed by atoms with E-state index in [9.17, 15) is 9.59 Å². The highest BCUT2D eigenvalue weighted by Crippen LogP contribution is 2.61. The van der Waals surface area contributed by atoms with E-state index in [2.05, 4.69) is 0 Å². The number of carbonyl (C=O) groups is 2. The number of anilines is 2. The Morgan fingerprint density at radius 1 is 0.767 bits per heavy atom. The SMILES string of the molecule is CC1(C)SC2(C(=O)N(Cc3ccccc3)c3ccccc32)N(c2ccccc2)C1=O. The van der Waals surface area contributed by atoms with Crippen LogP contribution in [0.5, 0.6) is 0 Å². The van der Waals surface area contributed by atoms with Gasteiger partial charge in [0.2, 0.25) is 10.8 Å². The number of para-hydroxylation sites is 2. The Labute approximate surface area is 180 Å². The van der Waals surface area contributed by atoms with Crippen molar-refractivity contribution >= 4 is 35.0 Å². The van der Waals surface area contributed by atoms with Gasteiger partial charge in [-0.05, 0) is 37.6 Å². The number of amides is 2. The molecule has 0 saturated carbocycles. The lowest BCUT2D eigenvalue weighted by Crippen LogP contribution is -2.50. The van der Waals surface area contributed by atoms with E-state index in [1.165, 1.54) is 11.8 Å². The topological polar surface area (TPSA) is 40.6 Å².